The Labute approximate surface area is 168 Å². The van der Waals surface area contributed by atoms with Crippen LogP contribution < -0.4 is 14.8 Å². The second kappa shape index (κ2) is 9.06. The zero-order chi connectivity index (χ0) is 19.2. The molecule has 1 fully saturated rings. The van der Waals surface area contributed by atoms with E-state index >= 15 is 0 Å². The molecule has 0 saturated carbocycles. The average molecular weight is 400 g/mol. The van der Waals surface area contributed by atoms with Crippen LogP contribution in [-0.4, -0.2) is 23.4 Å². The maximum absolute atomic E-state index is 11.7. The molecular weight excluding hydrogens is 378 g/mol. The number of ether oxygens (including phenoxy) is 2. The molecule has 0 radical (unpaired) electrons. The molecule has 0 spiro atoms. The first-order chi connectivity index (χ1) is 13.0. The third-order valence-electron chi connectivity index (χ3n) is 3.84. The highest BCUT2D eigenvalue weighted by Gasteiger charge is 2.21. The molecule has 4 nitrogen and oxygen atoms in total. The van der Waals surface area contributed by atoms with Gasteiger partial charge in [0.05, 0.1) is 18.1 Å². The third kappa shape index (κ3) is 5.84. The zero-order valence-electron chi connectivity index (χ0n) is 15.3. The molecular formula is C21H21NO3S2. The summed E-state index contributed by atoms with van der Waals surface area (Å²) >= 11 is 6.26. The molecule has 1 aliphatic heterocycles. The topological polar surface area (TPSA) is 47.6 Å². The normalized spacial score (nSPS) is 15.1. The summed E-state index contributed by atoms with van der Waals surface area (Å²) in [5.41, 5.74) is 3.33. The number of thiocarbonyl (C=S) groups is 1. The number of hydrogen-bond acceptors (Lipinski definition) is 5. The predicted octanol–water partition coefficient (Wildman–Crippen LogP) is 4.64. The van der Waals surface area contributed by atoms with E-state index in [1.807, 2.05) is 42.5 Å². The van der Waals surface area contributed by atoms with E-state index in [2.05, 4.69) is 25.2 Å². The Balaban J connectivity index is 1.43. The van der Waals surface area contributed by atoms with E-state index < -0.39 is 0 Å². The molecule has 0 bridgehead atoms. The number of hydrogen-bond donors (Lipinski definition) is 1. The first kappa shape index (κ1) is 19.5. The molecule has 0 aromatic heterocycles. The number of carbonyl (C=O) groups is 1. The van der Waals surface area contributed by atoms with Gasteiger partial charge in [-0.1, -0.05) is 42.2 Å². The fraction of sp³-hybridized carbons (Fsp3) is 0.238. The molecule has 0 unspecified atom stereocenters. The highest BCUT2D eigenvalue weighted by Crippen LogP contribution is 2.26. The average Bonchev–Trinajstić information content (AvgIpc) is 2.92. The minimum Gasteiger partial charge on any atom is -0.493 e. The van der Waals surface area contributed by atoms with Gasteiger partial charge >= 0.3 is 0 Å². The third-order valence-corrected chi connectivity index (χ3v) is 5.00. The van der Waals surface area contributed by atoms with Gasteiger partial charge in [-0.15, -0.1) is 0 Å². The van der Waals surface area contributed by atoms with Crippen LogP contribution in [0, 0.1) is 13.8 Å². The van der Waals surface area contributed by atoms with Crippen molar-refractivity contribution in [3.05, 3.63) is 64.1 Å². The quantitative estimate of drug-likeness (QED) is 0.418. The van der Waals surface area contributed by atoms with Crippen LogP contribution in [-0.2, 0) is 4.79 Å². The molecule has 1 heterocycles. The van der Waals surface area contributed by atoms with E-state index in [1.54, 1.807) is 0 Å². The van der Waals surface area contributed by atoms with E-state index in [1.165, 1.54) is 22.9 Å². The summed E-state index contributed by atoms with van der Waals surface area (Å²) in [6.07, 6.45) is 2.62. The SMILES string of the molecule is Cc1cc(C)cc(OCCCOc2ccc(/C=C3/SC(=S)NC3=O)cc2)c1. The molecule has 6 heteroatoms. The number of rotatable bonds is 7. The van der Waals surface area contributed by atoms with Crippen molar-refractivity contribution in [1.29, 1.82) is 0 Å². The maximum Gasteiger partial charge on any atom is 0.263 e. The van der Waals surface area contributed by atoms with Gasteiger partial charge in [0.15, 0.2) is 0 Å². The first-order valence-electron chi connectivity index (χ1n) is 8.68. The first-order valence-corrected chi connectivity index (χ1v) is 9.91. The van der Waals surface area contributed by atoms with Crippen LogP contribution in [0.15, 0.2) is 47.4 Å². The fourth-order valence-corrected chi connectivity index (χ4v) is 3.73. The number of nitrogens with one attached hydrogen (secondary N) is 1. The van der Waals surface area contributed by atoms with Crippen LogP contribution in [0.4, 0.5) is 0 Å². The van der Waals surface area contributed by atoms with Gasteiger partial charge in [-0.2, -0.15) is 0 Å². The summed E-state index contributed by atoms with van der Waals surface area (Å²) in [6, 6.07) is 13.8. The molecule has 1 amide bonds. The van der Waals surface area contributed by atoms with E-state index in [9.17, 15) is 4.79 Å². The summed E-state index contributed by atoms with van der Waals surface area (Å²) in [6.45, 7) is 5.32. The Hall–Kier alpha value is -2.31. The van der Waals surface area contributed by atoms with Crippen LogP contribution in [0.2, 0.25) is 0 Å². The van der Waals surface area contributed by atoms with Gasteiger partial charge in [0.2, 0.25) is 0 Å². The van der Waals surface area contributed by atoms with Gasteiger partial charge in [0.25, 0.3) is 5.91 Å². The van der Waals surface area contributed by atoms with Gasteiger partial charge in [-0.05, 0) is 60.9 Å². The number of thioether (sulfide) groups is 1. The van der Waals surface area contributed by atoms with E-state index in [0.717, 1.165) is 23.5 Å². The van der Waals surface area contributed by atoms with Crippen LogP contribution >= 0.6 is 24.0 Å². The summed E-state index contributed by atoms with van der Waals surface area (Å²) < 4.78 is 12.0. The van der Waals surface area contributed by atoms with Crippen LogP contribution in [0.5, 0.6) is 11.5 Å². The second-order valence-electron chi connectivity index (χ2n) is 6.30. The molecule has 140 valence electrons. The minimum atomic E-state index is -0.144. The highest BCUT2D eigenvalue weighted by atomic mass is 32.2. The molecule has 0 aliphatic carbocycles. The molecule has 0 atom stereocenters. The lowest BCUT2D eigenvalue weighted by Gasteiger charge is -2.09. The Bertz CT molecular complexity index is 855. The van der Waals surface area contributed by atoms with Crippen LogP contribution in [0.1, 0.15) is 23.1 Å². The summed E-state index contributed by atoms with van der Waals surface area (Å²) in [5.74, 6) is 1.55. The molecule has 1 aliphatic rings. The predicted molar refractivity (Wildman–Crippen MR) is 114 cm³/mol. The molecule has 1 saturated heterocycles. The lowest BCUT2D eigenvalue weighted by Crippen LogP contribution is -2.17. The van der Waals surface area contributed by atoms with Gasteiger partial charge in [0.1, 0.15) is 15.8 Å². The van der Waals surface area contributed by atoms with Crippen molar-refractivity contribution in [3.8, 4) is 11.5 Å². The molecule has 2 aromatic carbocycles. The monoisotopic (exact) mass is 399 g/mol. The summed E-state index contributed by atoms with van der Waals surface area (Å²) in [4.78, 5) is 12.3. The molecule has 27 heavy (non-hydrogen) atoms. The number of carbonyl (C=O) groups excluding carboxylic acids is 1. The Morgan fingerprint density at radius 3 is 2.22 bits per heavy atom. The fourth-order valence-electron chi connectivity index (χ4n) is 2.69. The van der Waals surface area contributed by atoms with Crippen LogP contribution in [0.25, 0.3) is 6.08 Å². The van der Waals surface area contributed by atoms with Crippen molar-refractivity contribution in [2.45, 2.75) is 20.3 Å². The smallest absolute Gasteiger partial charge is 0.263 e. The maximum atomic E-state index is 11.7. The van der Waals surface area contributed by atoms with Crippen molar-refractivity contribution in [1.82, 2.24) is 5.32 Å². The van der Waals surface area contributed by atoms with Crippen molar-refractivity contribution in [2.24, 2.45) is 0 Å². The summed E-state index contributed by atoms with van der Waals surface area (Å²) in [5, 5.41) is 2.61. The number of benzene rings is 2. The Morgan fingerprint density at radius 1 is 1.00 bits per heavy atom. The summed E-state index contributed by atoms with van der Waals surface area (Å²) in [7, 11) is 0. The van der Waals surface area contributed by atoms with Crippen molar-refractivity contribution >= 4 is 40.3 Å². The zero-order valence-corrected chi connectivity index (χ0v) is 16.9. The van der Waals surface area contributed by atoms with E-state index in [0.29, 0.717) is 22.4 Å². The largest absolute Gasteiger partial charge is 0.493 e. The van der Waals surface area contributed by atoms with Crippen molar-refractivity contribution < 1.29 is 14.3 Å². The lowest BCUT2D eigenvalue weighted by atomic mass is 10.1. The van der Waals surface area contributed by atoms with E-state index in [-0.39, 0.29) is 5.91 Å². The lowest BCUT2D eigenvalue weighted by molar-refractivity contribution is -0.115. The van der Waals surface area contributed by atoms with Gasteiger partial charge in [-0.25, -0.2) is 0 Å². The molecule has 1 N–H and O–H groups in total. The van der Waals surface area contributed by atoms with Gasteiger partial charge < -0.3 is 14.8 Å². The van der Waals surface area contributed by atoms with Crippen molar-refractivity contribution in [2.75, 3.05) is 13.2 Å². The second-order valence-corrected chi connectivity index (χ2v) is 8.01. The van der Waals surface area contributed by atoms with E-state index in [4.69, 9.17) is 21.7 Å². The molecule has 3 rings (SSSR count). The Morgan fingerprint density at radius 2 is 1.63 bits per heavy atom. The van der Waals surface area contributed by atoms with Crippen LogP contribution in [0.3, 0.4) is 0 Å². The van der Waals surface area contributed by atoms with Crippen molar-refractivity contribution in [3.63, 3.8) is 0 Å². The standard InChI is InChI=1S/C21H21NO3S2/c1-14-10-15(2)12-18(11-14)25-9-3-8-24-17-6-4-16(5-7-17)13-19-20(23)22-21(26)27-19/h4-7,10-13H,3,8-9H2,1-2H3,(H,22,23,26)/b19-13+. The Kier molecular flexibility index (Phi) is 6.53. The minimum absolute atomic E-state index is 0.144. The highest BCUT2D eigenvalue weighted by molar-refractivity contribution is 8.26. The van der Waals surface area contributed by atoms with Gasteiger partial charge in [0, 0.05) is 6.42 Å². The number of aryl methyl sites for hydroxylation is 2. The molecule has 2 aromatic rings. The number of amides is 1. The van der Waals surface area contributed by atoms with Gasteiger partial charge in [-0.3, -0.25) is 4.79 Å².